The van der Waals surface area contributed by atoms with E-state index in [9.17, 15) is 9.59 Å². The Morgan fingerprint density at radius 2 is 2.03 bits per heavy atom. The van der Waals surface area contributed by atoms with Crippen LogP contribution in [-0.2, 0) is 12.8 Å². The Morgan fingerprint density at radius 1 is 1.24 bits per heavy atom. The van der Waals surface area contributed by atoms with E-state index in [4.69, 9.17) is 0 Å². The minimum absolute atomic E-state index is 0.0214. The molecule has 3 heterocycles. The Morgan fingerprint density at radius 3 is 2.76 bits per heavy atom. The van der Waals surface area contributed by atoms with Gasteiger partial charge in [0.05, 0.1) is 17.9 Å². The van der Waals surface area contributed by atoms with Gasteiger partial charge in [-0.3, -0.25) is 14.6 Å². The van der Waals surface area contributed by atoms with Crippen LogP contribution in [0.1, 0.15) is 53.6 Å². The van der Waals surface area contributed by atoms with Gasteiger partial charge in [-0.2, -0.15) is 10.2 Å². The lowest BCUT2D eigenvalue weighted by Crippen LogP contribution is -2.35. The first-order valence-electron chi connectivity index (χ1n) is 11.8. The molecule has 1 aliphatic carbocycles. The summed E-state index contributed by atoms with van der Waals surface area (Å²) in [5, 5.41) is 14.9. The molecule has 5 rings (SSSR count). The zero-order chi connectivity index (χ0) is 23.9. The van der Waals surface area contributed by atoms with Crippen LogP contribution in [0.15, 0.2) is 42.7 Å². The van der Waals surface area contributed by atoms with Crippen molar-refractivity contribution in [3.63, 3.8) is 0 Å². The van der Waals surface area contributed by atoms with Crippen LogP contribution in [0, 0.1) is 5.41 Å². The molecule has 3 amide bonds. The van der Waals surface area contributed by atoms with Crippen molar-refractivity contribution < 1.29 is 9.59 Å². The number of anilines is 1. The molecular formula is C25H31N7O2. The van der Waals surface area contributed by atoms with Crippen LogP contribution < -0.4 is 5.32 Å². The number of rotatable bonds is 6. The zero-order valence-electron chi connectivity index (χ0n) is 19.9. The van der Waals surface area contributed by atoms with Gasteiger partial charge >= 0.3 is 6.03 Å². The normalized spacial score (nSPS) is 18.1. The predicted octanol–water partition coefficient (Wildman–Crippen LogP) is 3.33. The molecule has 9 heteroatoms. The van der Waals surface area contributed by atoms with Crippen LogP contribution in [0.4, 0.5) is 10.5 Å². The molecule has 0 radical (unpaired) electrons. The van der Waals surface area contributed by atoms with Gasteiger partial charge in [0, 0.05) is 44.1 Å². The molecule has 178 valence electrons. The smallest absolute Gasteiger partial charge is 0.319 e. The van der Waals surface area contributed by atoms with Crippen molar-refractivity contribution in [3.05, 3.63) is 65.2 Å². The number of aromatic amines is 1. The fourth-order valence-corrected chi connectivity index (χ4v) is 4.90. The molecule has 1 aromatic carbocycles. The van der Waals surface area contributed by atoms with Crippen molar-refractivity contribution in [3.8, 4) is 0 Å². The summed E-state index contributed by atoms with van der Waals surface area (Å²) in [6.45, 7) is 6.38. The molecule has 0 spiro atoms. The minimum Gasteiger partial charge on any atom is -0.326 e. The highest BCUT2D eigenvalue weighted by atomic mass is 16.2. The molecule has 1 unspecified atom stereocenters. The Bertz CT molecular complexity index is 1200. The topological polar surface area (TPSA) is 99.2 Å². The Labute approximate surface area is 199 Å². The molecule has 2 N–H and O–H groups in total. The first kappa shape index (κ1) is 22.2. The SMILES string of the molecule is CN1CCN(CC(c2ccccc2)n2cc(NC(=O)c3n[nH]c4c3CCC(C)(C)C4)cn2)C1=O. The highest BCUT2D eigenvalue weighted by Crippen LogP contribution is 2.35. The van der Waals surface area contributed by atoms with E-state index in [2.05, 4.69) is 34.5 Å². The molecule has 2 aromatic heterocycles. The van der Waals surface area contributed by atoms with Gasteiger partial charge in [0.2, 0.25) is 0 Å². The lowest BCUT2D eigenvalue weighted by atomic mass is 9.76. The summed E-state index contributed by atoms with van der Waals surface area (Å²) in [6, 6.07) is 9.85. The molecular weight excluding hydrogens is 430 g/mol. The third kappa shape index (κ3) is 4.30. The van der Waals surface area contributed by atoms with Crippen molar-refractivity contribution in [1.82, 2.24) is 29.8 Å². The number of nitrogens with one attached hydrogen (secondary N) is 2. The minimum atomic E-state index is -0.232. The molecule has 9 nitrogen and oxygen atoms in total. The molecule has 1 fully saturated rings. The number of nitrogens with zero attached hydrogens (tertiary/aromatic N) is 5. The van der Waals surface area contributed by atoms with E-state index in [1.165, 1.54) is 0 Å². The summed E-state index contributed by atoms with van der Waals surface area (Å²) in [5.74, 6) is -0.232. The van der Waals surface area contributed by atoms with E-state index in [0.717, 1.165) is 36.1 Å². The second kappa shape index (κ2) is 8.62. The van der Waals surface area contributed by atoms with Gasteiger partial charge in [0.25, 0.3) is 5.91 Å². The molecule has 3 aromatic rings. The van der Waals surface area contributed by atoms with E-state index >= 15 is 0 Å². The van der Waals surface area contributed by atoms with Gasteiger partial charge in [0.1, 0.15) is 0 Å². The van der Waals surface area contributed by atoms with Crippen molar-refractivity contribution in [2.45, 2.75) is 39.2 Å². The summed E-state index contributed by atoms with van der Waals surface area (Å²) in [4.78, 5) is 29.1. The first-order valence-corrected chi connectivity index (χ1v) is 11.8. The summed E-state index contributed by atoms with van der Waals surface area (Å²) in [5.41, 5.74) is 4.40. The Kier molecular flexibility index (Phi) is 5.63. The average molecular weight is 462 g/mol. The number of amides is 3. The largest absolute Gasteiger partial charge is 0.326 e. The second-order valence-electron chi connectivity index (χ2n) is 10.1. The Hall–Kier alpha value is -3.62. The molecule has 1 saturated heterocycles. The third-order valence-electron chi connectivity index (χ3n) is 6.93. The fourth-order valence-electron chi connectivity index (χ4n) is 4.90. The van der Waals surface area contributed by atoms with Crippen LogP contribution in [0.3, 0.4) is 0 Å². The summed E-state index contributed by atoms with van der Waals surface area (Å²) in [7, 11) is 1.82. The molecule has 1 atom stereocenters. The summed E-state index contributed by atoms with van der Waals surface area (Å²) < 4.78 is 1.82. The van der Waals surface area contributed by atoms with Crippen molar-refractivity contribution in [2.24, 2.45) is 5.41 Å². The van der Waals surface area contributed by atoms with Crippen LogP contribution in [0.5, 0.6) is 0 Å². The first-order chi connectivity index (χ1) is 16.3. The molecule has 2 aliphatic rings. The lowest BCUT2D eigenvalue weighted by molar-refractivity contribution is 0.102. The van der Waals surface area contributed by atoms with E-state index < -0.39 is 0 Å². The number of carbonyl (C=O) groups is 2. The number of likely N-dealkylation sites (N-methyl/N-ethyl adjacent to an activating group) is 1. The number of aromatic nitrogens is 4. The fraction of sp³-hybridized carbons (Fsp3) is 0.440. The maximum absolute atomic E-state index is 13.0. The highest BCUT2D eigenvalue weighted by molar-refractivity contribution is 6.03. The van der Waals surface area contributed by atoms with Crippen LogP contribution >= 0.6 is 0 Å². The zero-order valence-corrected chi connectivity index (χ0v) is 19.9. The van der Waals surface area contributed by atoms with Gasteiger partial charge in [-0.1, -0.05) is 44.2 Å². The Balaban J connectivity index is 1.35. The summed E-state index contributed by atoms with van der Waals surface area (Å²) >= 11 is 0. The maximum atomic E-state index is 13.0. The van der Waals surface area contributed by atoms with Crippen molar-refractivity contribution in [2.75, 3.05) is 32.0 Å². The number of hydrogen-bond acceptors (Lipinski definition) is 4. The average Bonchev–Trinajstić information content (AvgIpc) is 3.52. The van der Waals surface area contributed by atoms with Crippen molar-refractivity contribution >= 4 is 17.6 Å². The van der Waals surface area contributed by atoms with Gasteiger partial charge < -0.3 is 15.1 Å². The number of hydrogen-bond donors (Lipinski definition) is 2. The van der Waals surface area contributed by atoms with E-state index in [-0.39, 0.29) is 23.4 Å². The number of carbonyl (C=O) groups excluding carboxylic acids is 2. The van der Waals surface area contributed by atoms with E-state index in [0.29, 0.717) is 31.0 Å². The maximum Gasteiger partial charge on any atom is 0.319 e. The predicted molar refractivity (Wildman–Crippen MR) is 129 cm³/mol. The second-order valence-corrected chi connectivity index (χ2v) is 10.1. The number of H-pyrrole nitrogens is 1. The lowest BCUT2D eigenvalue weighted by Gasteiger charge is -2.28. The quantitative estimate of drug-likeness (QED) is 0.588. The monoisotopic (exact) mass is 461 g/mol. The number of fused-ring (bicyclic) bond motifs is 1. The molecule has 34 heavy (non-hydrogen) atoms. The standard InChI is InChI=1S/C25H31N7O2/c1-25(2)10-9-19-20(13-25)28-29-22(19)23(33)27-18-14-26-32(15-18)21(17-7-5-4-6-8-17)16-31-12-11-30(3)24(31)34/h4-8,14-15,21H,9-13,16H2,1-3H3,(H,27,33)(H,28,29). The van der Waals surface area contributed by atoms with Gasteiger partial charge in [0.15, 0.2) is 5.69 Å². The van der Waals surface area contributed by atoms with Crippen molar-refractivity contribution in [1.29, 1.82) is 0 Å². The summed E-state index contributed by atoms with van der Waals surface area (Å²) in [6.07, 6.45) is 6.23. The molecule has 0 bridgehead atoms. The van der Waals surface area contributed by atoms with Gasteiger partial charge in [-0.15, -0.1) is 0 Å². The molecule has 0 saturated carbocycles. The highest BCUT2D eigenvalue weighted by Gasteiger charge is 2.31. The van der Waals surface area contributed by atoms with Gasteiger partial charge in [-0.25, -0.2) is 4.79 Å². The molecule has 1 aliphatic heterocycles. The van der Waals surface area contributed by atoms with Gasteiger partial charge in [-0.05, 0) is 30.2 Å². The third-order valence-corrected chi connectivity index (χ3v) is 6.93. The van der Waals surface area contributed by atoms with Crippen LogP contribution in [0.25, 0.3) is 0 Å². The van der Waals surface area contributed by atoms with E-state index in [1.54, 1.807) is 11.1 Å². The van der Waals surface area contributed by atoms with Crippen LogP contribution in [-0.4, -0.2) is 68.4 Å². The number of benzene rings is 1. The van der Waals surface area contributed by atoms with Crippen LogP contribution in [0.2, 0.25) is 0 Å². The van der Waals surface area contributed by atoms with E-state index in [1.807, 2.05) is 53.2 Å². The number of urea groups is 1.